The predicted molar refractivity (Wildman–Crippen MR) is 141 cm³/mol. The first-order valence-electron chi connectivity index (χ1n) is 11.7. The van der Waals surface area contributed by atoms with Crippen molar-refractivity contribution in [3.8, 4) is 0 Å². The number of carbonyl (C=O) groups is 2. The summed E-state index contributed by atoms with van der Waals surface area (Å²) in [6, 6.07) is 17.3. The summed E-state index contributed by atoms with van der Waals surface area (Å²) in [7, 11) is 0. The van der Waals surface area contributed by atoms with Gasteiger partial charge in [-0.25, -0.2) is 0 Å². The molecule has 3 saturated heterocycles. The van der Waals surface area contributed by atoms with Gasteiger partial charge in [0.15, 0.2) is 5.78 Å². The Morgan fingerprint density at radius 1 is 0.971 bits per heavy atom. The molecule has 3 fully saturated rings. The Bertz CT molecular complexity index is 1250. The van der Waals surface area contributed by atoms with E-state index in [2.05, 4.69) is 17.0 Å². The lowest BCUT2D eigenvalue weighted by atomic mass is 9.73. The van der Waals surface area contributed by atoms with Crippen molar-refractivity contribution < 1.29 is 14.3 Å². The predicted octanol–water partition coefficient (Wildman–Crippen LogP) is 5.16. The highest BCUT2D eigenvalue weighted by Crippen LogP contribution is 2.48. The van der Waals surface area contributed by atoms with Crippen LogP contribution in [0.4, 0.5) is 5.69 Å². The van der Waals surface area contributed by atoms with E-state index in [1.54, 1.807) is 24.3 Å². The van der Waals surface area contributed by atoms with E-state index in [1.807, 2.05) is 29.0 Å². The number of thiophene rings is 1. The Hall–Kier alpha value is -2.32. The highest BCUT2D eigenvalue weighted by molar-refractivity contribution is 7.78. The molecular weight excluding hydrogens is 500 g/mol. The second-order valence-electron chi connectivity index (χ2n) is 9.63. The first-order valence-corrected chi connectivity index (χ1v) is 13.5. The molecule has 8 heteroatoms. The van der Waals surface area contributed by atoms with Crippen LogP contribution in [0.25, 0.3) is 0 Å². The first kappa shape index (κ1) is 23.1. The number of amides is 1. The van der Waals surface area contributed by atoms with E-state index in [4.69, 9.17) is 29.2 Å². The van der Waals surface area contributed by atoms with Crippen molar-refractivity contribution in [3.05, 3.63) is 87.1 Å². The molecule has 5 nitrogen and oxygen atoms in total. The van der Waals surface area contributed by atoms with Crippen LogP contribution < -0.4 is 4.90 Å². The number of hydrogen-bond donors (Lipinski definition) is 1. The van der Waals surface area contributed by atoms with Crippen LogP contribution in [0.2, 0.25) is 5.02 Å². The summed E-state index contributed by atoms with van der Waals surface area (Å²) in [5.74, 6) is -0.292. The maximum Gasteiger partial charge on any atom is 0.248 e. The zero-order valence-electron chi connectivity index (χ0n) is 19.0. The van der Waals surface area contributed by atoms with Gasteiger partial charge in [0.2, 0.25) is 5.91 Å². The van der Waals surface area contributed by atoms with Crippen molar-refractivity contribution in [2.24, 2.45) is 11.8 Å². The zero-order valence-corrected chi connectivity index (χ0v) is 21.4. The molecule has 4 heterocycles. The van der Waals surface area contributed by atoms with Gasteiger partial charge in [-0.05, 0) is 51.7 Å². The molecule has 3 aliphatic rings. The lowest BCUT2D eigenvalue weighted by Crippen LogP contribution is -2.54. The van der Waals surface area contributed by atoms with Crippen molar-refractivity contribution >= 4 is 53.1 Å². The number of ether oxygens (including phenoxy) is 1. The largest absolute Gasteiger partial charge is 0.381 e. The number of benzene rings is 2. The number of rotatable bonds is 4. The van der Waals surface area contributed by atoms with Crippen molar-refractivity contribution in [2.45, 2.75) is 17.9 Å². The number of anilines is 1. The molecule has 3 aliphatic heterocycles. The highest BCUT2D eigenvalue weighted by Gasteiger charge is 2.53. The van der Waals surface area contributed by atoms with Crippen LogP contribution >= 0.6 is 35.8 Å². The third-order valence-corrected chi connectivity index (χ3v) is 9.30. The Labute approximate surface area is 219 Å². The fourth-order valence-corrected chi connectivity index (χ4v) is 7.24. The number of fused-ring (bicyclic) bond motifs is 1. The molecule has 1 amide bonds. The third kappa shape index (κ3) is 3.71. The molecule has 2 aromatic carbocycles. The number of Topliss-reactive ketones (excluding diaryl/α,β-unsaturated/α-hetero) is 1. The average molecular weight is 525 g/mol. The minimum absolute atomic E-state index is 0.124. The SMILES string of the molecule is O=C1CC(c2ccc(N3CC4COCC4C3)cc2)(c2ccsc2)N(S)C(=O)C1c1ccccc1Cl. The monoisotopic (exact) mass is 524 g/mol. The fourth-order valence-electron chi connectivity index (χ4n) is 5.85. The van der Waals surface area contributed by atoms with Crippen LogP contribution in [0, 0.1) is 11.8 Å². The normalized spacial score (nSPS) is 28.6. The molecule has 4 unspecified atom stereocenters. The summed E-state index contributed by atoms with van der Waals surface area (Å²) < 4.78 is 7.07. The van der Waals surface area contributed by atoms with E-state index in [9.17, 15) is 9.59 Å². The van der Waals surface area contributed by atoms with Gasteiger partial charge in [0.05, 0.1) is 13.2 Å². The van der Waals surface area contributed by atoms with Gasteiger partial charge in [0.1, 0.15) is 11.5 Å². The van der Waals surface area contributed by atoms with Gasteiger partial charge in [-0.2, -0.15) is 11.3 Å². The van der Waals surface area contributed by atoms with Gasteiger partial charge in [-0.3, -0.25) is 13.9 Å². The van der Waals surface area contributed by atoms with Crippen molar-refractivity contribution in [3.63, 3.8) is 0 Å². The lowest BCUT2D eigenvalue weighted by molar-refractivity contribution is -0.142. The number of hydrogen-bond acceptors (Lipinski definition) is 6. The summed E-state index contributed by atoms with van der Waals surface area (Å²) in [5, 5.41) is 4.37. The topological polar surface area (TPSA) is 49.9 Å². The van der Waals surface area contributed by atoms with Crippen LogP contribution in [0.5, 0.6) is 0 Å². The van der Waals surface area contributed by atoms with Gasteiger partial charge in [-0.1, -0.05) is 54.7 Å². The van der Waals surface area contributed by atoms with E-state index in [-0.39, 0.29) is 18.1 Å². The smallest absolute Gasteiger partial charge is 0.248 e. The van der Waals surface area contributed by atoms with Crippen LogP contribution in [0.3, 0.4) is 0 Å². The van der Waals surface area contributed by atoms with E-state index < -0.39 is 11.5 Å². The Kier molecular flexibility index (Phi) is 5.92. The zero-order chi connectivity index (χ0) is 24.2. The van der Waals surface area contributed by atoms with E-state index in [1.165, 1.54) is 15.6 Å². The molecule has 0 saturated carbocycles. The summed E-state index contributed by atoms with van der Waals surface area (Å²) in [4.78, 5) is 29.7. The number of nitrogens with zero attached hydrogens (tertiary/aromatic N) is 2. The second kappa shape index (κ2) is 8.96. The first-order chi connectivity index (χ1) is 17.0. The molecule has 1 aromatic heterocycles. The van der Waals surface area contributed by atoms with Crippen LogP contribution in [0.1, 0.15) is 29.0 Å². The number of thiol groups is 1. The molecule has 0 radical (unpaired) electrons. The molecule has 6 rings (SSSR count). The Balaban J connectivity index is 1.37. The molecule has 180 valence electrons. The van der Waals surface area contributed by atoms with Gasteiger partial charge in [0.25, 0.3) is 0 Å². The average Bonchev–Trinajstić information content (AvgIpc) is 3.61. The molecular formula is C27H25ClN2O3S2. The van der Waals surface area contributed by atoms with E-state index in [0.717, 1.165) is 43.1 Å². The highest BCUT2D eigenvalue weighted by atomic mass is 35.5. The Morgan fingerprint density at radius 3 is 2.34 bits per heavy atom. The van der Waals surface area contributed by atoms with Crippen molar-refractivity contribution in [1.29, 1.82) is 0 Å². The minimum atomic E-state index is -0.983. The second-order valence-corrected chi connectivity index (χ2v) is 11.2. The van der Waals surface area contributed by atoms with Gasteiger partial charge in [0, 0.05) is 42.1 Å². The minimum Gasteiger partial charge on any atom is -0.381 e. The molecule has 0 N–H and O–H groups in total. The fraction of sp³-hybridized carbons (Fsp3) is 0.333. The number of halogens is 1. The van der Waals surface area contributed by atoms with Crippen LogP contribution in [-0.2, 0) is 19.9 Å². The standard InChI is InChI=1S/C27H25ClN2O3S2/c28-23-4-2-1-3-22(23)25-24(31)11-27(30(34)26(25)32,20-9-10-35-16-20)19-5-7-21(8-6-19)29-12-17-14-33-15-18(17)13-29/h1-10,16-18,25,34H,11-15H2. The molecule has 3 aromatic rings. The van der Waals surface area contributed by atoms with Gasteiger partial charge >= 0.3 is 0 Å². The van der Waals surface area contributed by atoms with Gasteiger partial charge < -0.3 is 9.64 Å². The van der Waals surface area contributed by atoms with Crippen molar-refractivity contribution in [2.75, 3.05) is 31.2 Å². The summed E-state index contributed by atoms with van der Waals surface area (Å²) in [5.41, 5.74) is 2.45. The van der Waals surface area contributed by atoms with Gasteiger partial charge in [-0.15, -0.1) is 0 Å². The third-order valence-electron chi connectivity index (χ3n) is 7.73. The molecule has 0 spiro atoms. The molecule has 4 atom stereocenters. The number of piperidine rings is 1. The summed E-state index contributed by atoms with van der Waals surface area (Å²) in [6.45, 7) is 3.67. The number of carbonyl (C=O) groups excluding carboxylic acids is 2. The molecule has 0 bridgehead atoms. The summed E-state index contributed by atoms with van der Waals surface area (Å²) >= 11 is 12.7. The molecule has 0 aliphatic carbocycles. The summed E-state index contributed by atoms with van der Waals surface area (Å²) in [6.07, 6.45) is 0.124. The number of ketones is 1. The van der Waals surface area contributed by atoms with Crippen molar-refractivity contribution in [1.82, 2.24) is 4.31 Å². The quantitative estimate of drug-likeness (QED) is 0.378. The molecule has 35 heavy (non-hydrogen) atoms. The van der Waals surface area contributed by atoms with Crippen LogP contribution in [-0.4, -0.2) is 42.3 Å². The maximum atomic E-state index is 13.7. The maximum absolute atomic E-state index is 13.7. The Morgan fingerprint density at radius 2 is 1.69 bits per heavy atom. The van der Waals surface area contributed by atoms with E-state index in [0.29, 0.717) is 22.4 Å². The lowest BCUT2D eigenvalue weighted by Gasteiger charge is -2.46. The van der Waals surface area contributed by atoms with E-state index >= 15 is 0 Å². The van der Waals surface area contributed by atoms with Crippen LogP contribution in [0.15, 0.2) is 65.4 Å².